The van der Waals surface area contributed by atoms with Crippen LogP contribution in [0.4, 0.5) is 9.18 Å². The van der Waals surface area contributed by atoms with Crippen LogP contribution in [0.15, 0.2) is 24.3 Å². The summed E-state index contributed by atoms with van der Waals surface area (Å²) in [5, 5.41) is 2.93. The molecule has 1 aromatic rings. The van der Waals surface area contributed by atoms with E-state index < -0.39 is 0 Å². The lowest BCUT2D eigenvalue weighted by Gasteiger charge is -2.30. The van der Waals surface area contributed by atoms with Gasteiger partial charge in [0.05, 0.1) is 6.54 Å². The molecule has 1 N–H and O–H groups in total. The summed E-state index contributed by atoms with van der Waals surface area (Å²) < 4.78 is 18.8. The number of para-hydroxylation sites is 1. The van der Waals surface area contributed by atoms with Crippen molar-refractivity contribution in [1.29, 1.82) is 0 Å². The van der Waals surface area contributed by atoms with Crippen LogP contribution in [0.2, 0.25) is 0 Å². The molecule has 6 heteroatoms. The molecule has 26 heavy (non-hydrogen) atoms. The molecule has 1 aliphatic rings. The Morgan fingerprint density at radius 3 is 2.77 bits per heavy atom. The van der Waals surface area contributed by atoms with E-state index in [9.17, 15) is 9.18 Å². The molecule has 1 aromatic carbocycles. The van der Waals surface area contributed by atoms with Crippen LogP contribution in [0, 0.1) is 11.7 Å². The first kappa shape index (κ1) is 20.5. The number of amides is 2. The van der Waals surface area contributed by atoms with Crippen molar-refractivity contribution in [2.45, 2.75) is 32.6 Å². The molecule has 0 bridgehead atoms. The van der Waals surface area contributed by atoms with Crippen LogP contribution in [0.25, 0.3) is 0 Å². The summed E-state index contributed by atoms with van der Waals surface area (Å²) in [6.45, 7) is 7.21. The Bertz CT molecular complexity index is 548. The standard InChI is InChI=1S/C20H32FN3O2/c1-17-9-13-24(14-10-17)12-6-5-11-22-20(25)23(2)15-16-26-19-8-4-3-7-18(19)21/h3-4,7-8,17H,5-6,9-16H2,1-2H3,(H,22,25). The number of halogens is 1. The van der Waals surface area contributed by atoms with Crippen molar-refractivity contribution < 1.29 is 13.9 Å². The number of hydrogen-bond acceptors (Lipinski definition) is 3. The highest BCUT2D eigenvalue weighted by Crippen LogP contribution is 2.16. The highest BCUT2D eigenvalue weighted by atomic mass is 19.1. The number of urea groups is 1. The third-order valence-corrected chi connectivity index (χ3v) is 4.92. The van der Waals surface area contributed by atoms with Crippen molar-refractivity contribution in [2.24, 2.45) is 5.92 Å². The largest absolute Gasteiger partial charge is 0.489 e. The Hall–Kier alpha value is -1.82. The molecule has 0 radical (unpaired) electrons. The predicted molar refractivity (Wildman–Crippen MR) is 102 cm³/mol. The fraction of sp³-hybridized carbons (Fsp3) is 0.650. The van der Waals surface area contributed by atoms with Crippen LogP contribution >= 0.6 is 0 Å². The molecule has 0 saturated carbocycles. The van der Waals surface area contributed by atoms with E-state index >= 15 is 0 Å². The average molecular weight is 365 g/mol. The molecule has 1 aliphatic heterocycles. The van der Waals surface area contributed by atoms with E-state index in [1.54, 1.807) is 30.1 Å². The molecule has 1 heterocycles. The second-order valence-corrected chi connectivity index (χ2v) is 7.16. The van der Waals surface area contributed by atoms with Gasteiger partial charge in [0.1, 0.15) is 6.61 Å². The zero-order valence-corrected chi connectivity index (χ0v) is 16.0. The Balaban J connectivity index is 1.51. The lowest BCUT2D eigenvalue weighted by molar-refractivity contribution is 0.186. The predicted octanol–water partition coefficient (Wildman–Crippen LogP) is 3.36. The lowest BCUT2D eigenvalue weighted by atomic mass is 9.99. The van der Waals surface area contributed by atoms with Crippen molar-refractivity contribution in [1.82, 2.24) is 15.1 Å². The van der Waals surface area contributed by atoms with Gasteiger partial charge in [-0.1, -0.05) is 19.1 Å². The monoisotopic (exact) mass is 365 g/mol. The van der Waals surface area contributed by atoms with Gasteiger partial charge in [-0.25, -0.2) is 9.18 Å². The molecule has 146 valence electrons. The Morgan fingerprint density at radius 2 is 2.04 bits per heavy atom. The number of piperidine rings is 1. The van der Waals surface area contributed by atoms with Gasteiger partial charge in [0.25, 0.3) is 0 Å². The molecule has 5 nitrogen and oxygen atoms in total. The van der Waals surface area contributed by atoms with E-state index in [0.29, 0.717) is 13.1 Å². The number of likely N-dealkylation sites (tertiary alicyclic amines) is 1. The highest BCUT2D eigenvalue weighted by molar-refractivity contribution is 5.73. The van der Waals surface area contributed by atoms with E-state index in [-0.39, 0.29) is 24.2 Å². The average Bonchev–Trinajstić information content (AvgIpc) is 2.64. The van der Waals surface area contributed by atoms with Gasteiger partial charge < -0.3 is 19.9 Å². The summed E-state index contributed by atoms with van der Waals surface area (Å²) in [4.78, 5) is 16.1. The molecule has 0 aromatic heterocycles. The van der Waals surface area contributed by atoms with E-state index in [1.807, 2.05) is 0 Å². The van der Waals surface area contributed by atoms with Crippen LogP contribution in [0.5, 0.6) is 5.75 Å². The summed E-state index contributed by atoms with van der Waals surface area (Å²) in [5.74, 6) is 0.694. The maximum atomic E-state index is 13.4. The topological polar surface area (TPSA) is 44.8 Å². The molecular weight excluding hydrogens is 333 g/mol. The van der Waals surface area contributed by atoms with Crippen molar-refractivity contribution in [3.8, 4) is 5.75 Å². The van der Waals surface area contributed by atoms with Gasteiger partial charge in [0.15, 0.2) is 11.6 Å². The number of likely N-dealkylation sites (N-methyl/N-ethyl adjacent to an activating group) is 1. The summed E-state index contributed by atoms with van der Waals surface area (Å²) in [7, 11) is 1.72. The van der Waals surface area contributed by atoms with E-state index in [2.05, 4.69) is 17.1 Å². The number of benzene rings is 1. The normalized spacial score (nSPS) is 15.7. The molecule has 2 rings (SSSR count). The fourth-order valence-corrected chi connectivity index (χ4v) is 3.03. The maximum Gasteiger partial charge on any atom is 0.317 e. The van der Waals surface area contributed by atoms with Crippen molar-refractivity contribution in [3.05, 3.63) is 30.1 Å². The summed E-state index contributed by atoms with van der Waals surface area (Å²) >= 11 is 0. The fourth-order valence-electron chi connectivity index (χ4n) is 3.03. The zero-order chi connectivity index (χ0) is 18.8. The quantitative estimate of drug-likeness (QED) is 0.683. The first-order valence-electron chi connectivity index (χ1n) is 9.65. The van der Waals surface area contributed by atoms with E-state index in [4.69, 9.17) is 4.74 Å². The van der Waals surface area contributed by atoms with E-state index in [0.717, 1.165) is 25.3 Å². The number of hydrogen-bond donors (Lipinski definition) is 1. The minimum atomic E-state index is -0.386. The van der Waals surface area contributed by atoms with Crippen molar-refractivity contribution >= 4 is 6.03 Å². The number of rotatable bonds is 9. The van der Waals surface area contributed by atoms with Crippen LogP contribution in [-0.2, 0) is 0 Å². The van der Waals surface area contributed by atoms with Gasteiger partial charge in [0, 0.05) is 13.6 Å². The molecular formula is C20H32FN3O2. The number of carbonyl (C=O) groups is 1. The van der Waals surface area contributed by atoms with E-state index in [1.165, 1.54) is 32.0 Å². The van der Waals surface area contributed by atoms with Crippen LogP contribution < -0.4 is 10.1 Å². The van der Waals surface area contributed by atoms with Crippen LogP contribution in [0.1, 0.15) is 32.6 Å². The molecule has 0 aliphatic carbocycles. The SMILES string of the molecule is CC1CCN(CCCCNC(=O)N(C)CCOc2ccccc2F)CC1. The third-order valence-electron chi connectivity index (χ3n) is 4.92. The molecule has 0 unspecified atom stereocenters. The minimum absolute atomic E-state index is 0.117. The third kappa shape index (κ3) is 7.20. The molecule has 1 fully saturated rings. The number of carbonyl (C=O) groups excluding carboxylic acids is 1. The van der Waals surface area contributed by atoms with Crippen LogP contribution in [-0.4, -0.2) is 62.2 Å². The smallest absolute Gasteiger partial charge is 0.317 e. The van der Waals surface area contributed by atoms with Crippen LogP contribution in [0.3, 0.4) is 0 Å². The van der Waals surface area contributed by atoms with Crippen molar-refractivity contribution in [2.75, 3.05) is 46.4 Å². The molecule has 1 saturated heterocycles. The van der Waals surface area contributed by atoms with Gasteiger partial charge in [0.2, 0.25) is 0 Å². The summed E-state index contributed by atoms with van der Waals surface area (Å²) in [6.07, 6.45) is 4.69. The van der Waals surface area contributed by atoms with Gasteiger partial charge in [-0.15, -0.1) is 0 Å². The summed E-state index contributed by atoms with van der Waals surface area (Å²) in [6, 6.07) is 6.16. The number of nitrogens with zero attached hydrogens (tertiary/aromatic N) is 2. The van der Waals surface area contributed by atoms with Gasteiger partial charge in [-0.3, -0.25) is 0 Å². The number of ether oxygens (including phenoxy) is 1. The Labute approximate surface area is 156 Å². The highest BCUT2D eigenvalue weighted by Gasteiger charge is 2.15. The zero-order valence-electron chi connectivity index (χ0n) is 16.0. The van der Waals surface area contributed by atoms with Crippen molar-refractivity contribution in [3.63, 3.8) is 0 Å². The first-order chi connectivity index (χ1) is 12.6. The molecule has 0 spiro atoms. The maximum absolute atomic E-state index is 13.4. The van der Waals surface area contributed by atoms with Gasteiger partial charge in [-0.05, 0) is 63.4 Å². The first-order valence-corrected chi connectivity index (χ1v) is 9.65. The van der Waals surface area contributed by atoms with Gasteiger partial charge >= 0.3 is 6.03 Å². The molecule has 2 amide bonds. The Kier molecular flexibility index (Phi) is 8.68. The second-order valence-electron chi connectivity index (χ2n) is 7.16. The van der Waals surface area contributed by atoms with Gasteiger partial charge in [-0.2, -0.15) is 0 Å². The minimum Gasteiger partial charge on any atom is -0.489 e. The lowest BCUT2D eigenvalue weighted by Crippen LogP contribution is -2.40. The number of unbranched alkanes of at least 4 members (excludes halogenated alkanes) is 1. The molecule has 0 atom stereocenters. The second kappa shape index (κ2) is 11.0. The number of nitrogens with one attached hydrogen (secondary N) is 1. The Morgan fingerprint density at radius 1 is 1.31 bits per heavy atom. The summed E-state index contributed by atoms with van der Waals surface area (Å²) in [5.41, 5.74) is 0.